The third kappa shape index (κ3) is 1.87. The SMILES string of the molecule is C=CCn1nc(N)c2ccc(OC)cc2c1=O. The first-order valence-electron chi connectivity index (χ1n) is 5.12. The average molecular weight is 231 g/mol. The molecule has 5 nitrogen and oxygen atoms in total. The van der Waals surface area contributed by atoms with Gasteiger partial charge in [0.05, 0.1) is 19.0 Å². The van der Waals surface area contributed by atoms with Gasteiger partial charge in [-0.15, -0.1) is 6.58 Å². The highest BCUT2D eigenvalue weighted by Gasteiger charge is 2.08. The number of benzene rings is 1. The summed E-state index contributed by atoms with van der Waals surface area (Å²) in [5.74, 6) is 0.939. The van der Waals surface area contributed by atoms with Crippen LogP contribution in [0.3, 0.4) is 0 Å². The van der Waals surface area contributed by atoms with Gasteiger partial charge in [-0.05, 0) is 18.2 Å². The Hall–Kier alpha value is -2.30. The maximum Gasteiger partial charge on any atom is 0.275 e. The fourth-order valence-electron chi connectivity index (χ4n) is 1.67. The molecule has 88 valence electrons. The van der Waals surface area contributed by atoms with Crippen molar-refractivity contribution in [2.45, 2.75) is 6.54 Å². The molecular formula is C12H13N3O2. The summed E-state index contributed by atoms with van der Waals surface area (Å²) >= 11 is 0. The van der Waals surface area contributed by atoms with E-state index in [1.165, 1.54) is 4.68 Å². The van der Waals surface area contributed by atoms with E-state index in [1.54, 1.807) is 31.4 Å². The zero-order chi connectivity index (χ0) is 12.4. The highest BCUT2D eigenvalue weighted by atomic mass is 16.5. The number of nitrogen functional groups attached to an aromatic ring is 1. The molecule has 0 atom stereocenters. The summed E-state index contributed by atoms with van der Waals surface area (Å²) in [7, 11) is 1.55. The van der Waals surface area contributed by atoms with Crippen LogP contribution in [0, 0.1) is 0 Å². The first-order chi connectivity index (χ1) is 8.17. The molecule has 0 bridgehead atoms. The Morgan fingerprint density at radius 2 is 2.29 bits per heavy atom. The number of ether oxygens (including phenoxy) is 1. The summed E-state index contributed by atoms with van der Waals surface area (Å²) in [6.45, 7) is 3.90. The molecule has 0 unspecified atom stereocenters. The van der Waals surface area contributed by atoms with Crippen molar-refractivity contribution in [2.75, 3.05) is 12.8 Å². The van der Waals surface area contributed by atoms with Gasteiger partial charge in [-0.1, -0.05) is 6.08 Å². The van der Waals surface area contributed by atoms with Crippen molar-refractivity contribution in [3.05, 3.63) is 41.2 Å². The van der Waals surface area contributed by atoms with Gasteiger partial charge in [0.25, 0.3) is 5.56 Å². The molecule has 1 heterocycles. The summed E-state index contributed by atoms with van der Waals surface area (Å²) in [5.41, 5.74) is 5.60. The number of aromatic nitrogens is 2. The van der Waals surface area contributed by atoms with Crippen LogP contribution in [-0.4, -0.2) is 16.9 Å². The molecule has 2 rings (SSSR count). The number of anilines is 1. The molecule has 17 heavy (non-hydrogen) atoms. The third-order valence-corrected chi connectivity index (χ3v) is 2.50. The molecule has 0 fully saturated rings. The number of hydrogen-bond donors (Lipinski definition) is 1. The molecule has 1 aromatic heterocycles. The number of allylic oxidation sites excluding steroid dienone is 1. The highest BCUT2D eigenvalue weighted by molar-refractivity contribution is 5.90. The van der Waals surface area contributed by atoms with Gasteiger partial charge in [0, 0.05) is 5.39 Å². The predicted octanol–water partition coefficient (Wildman–Crippen LogP) is 1.17. The molecule has 0 spiro atoms. The molecule has 5 heteroatoms. The quantitative estimate of drug-likeness (QED) is 0.805. The highest BCUT2D eigenvalue weighted by Crippen LogP contribution is 2.20. The summed E-state index contributed by atoms with van der Waals surface area (Å²) in [6, 6.07) is 5.14. The number of nitrogens with two attached hydrogens (primary N) is 1. The minimum atomic E-state index is -0.201. The normalized spacial score (nSPS) is 10.4. The smallest absolute Gasteiger partial charge is 0.275 e. The number of methoxy groups -OCH3 is 1. The minimum absolute atomic E-state index is 0.201. The molecule has 0 radical (unpaired) electrons. The zero-order valence-corrected chi connectivity index (χ0v) is 9.51. The molecule has 0 aliphatic carbocycles. The van der Waals surface area contributed by atoms with Crippen LogP contribution in [0.1, 0.15) is 0 Å². The largest absolute Gasteiger partial charge is 0.497 e. The molecule has 2 N–H and O–H groups in total. The van der Waals surface area contributed by atoms with Crippen LogP contribution in [0.15, 0.2) is 35.6 Å². The van der Waals surface area contributed by atoms with Crippen molar-refractivity contribution in [1.29, 1.82) is 0 Å². The van der Waals surface area contributed by atoms with Crippen molar-refractivity contribution in [2.24, 2.45) is 0 Å². The van der Waals surface area contributed by atoms with E-state index >= 15 is 0 Å². The summed E-state index contributed by atoms with van der Waals surface area (Å²) < 4.78 is 6.37. The number of hydrogen-bond acceptors (Lipinski definition) is 4. The van der Waals surface area contributed by atoms with Crippen molar-refractivity contribution >= 4 is 16.6 Å². The van der Waals surface area contributed by atoms with Gasteiger partial charge in [-0.2, -0.15) is 5.10 Å². The Labute approximate surface area is 98.1 Å². The van der Waals surface area contributed by atoms with E-state index < -0.39 is 0 Å². The predicted molar refractivity (Wildman–Crippen MR) is 67.2 cm³/mol. The van der Waals surface area contributed by atoms with Gasteiger partial charge in [0.2, 0.25) is 0 Å². The third-order valence-electron chi connectivity index (χ3n) is 2.50. The standard InChI is InChI=1S/C12H13N3O2/c1-3-6-15-12(16)10-7-8(17-2)4-5-9(10)11(13)14-15/h3-5,7H,1,6H2,2H3,(H2,13,14). The van der Waals surface area contributed by atoms with Crippen LogP contribution >= 0.6 is 0 Å². The second-order valence-electron chi connectivity index (χ2n) is 3.57. The lowest BCUT2D eigenvalue weighted by Crippen LogP contribution is -2.23. The van der Waals surface area contributed by atoms with Crippen LogP contribution in [0.4, 0.5) is 5.82 Å². The van der Waals surface area contributed by atoms with Gasteiger partial charge in [-0.3, -0.25) is 4.79 Å². The minimum Gasteiger partial charge on any atom is -0.497 e. The van der Waals surface area contributed by atoms with Gasteiger partial charge < -0.3 is 10.5 Å². The van der Waals surface area contributed by atoms with Crippen LogP contribution < -0.4 is 16.0 Å². The molecule has 2 aromatic rings. The van der Waals surface area contributed by atoms with Crippen molar-refractivity contribution in [3.8, 4) is 5.75 Å². The van der Waals surface area contributed by atoms with E-state index in [0.717, 1.165) is 0 Å². The first-order valence-corrected chi connectivity index (χ1v) is 5.12. The molecule has 0 saturated carbocycles. The Kier molecular flexibility index (Phi) is 2.82. The van der Waals surface area contributed by atoms with E-state index in [1.807, 2.05) is 0 Å². The lowest BCUT2D eigenvalue weighted by molar-refractivity contribution is 0.415. The Bertz CT molecular complexity index is 631. The fourth-order valence-corrected chi connectivity index (χ4v) is 1.67. The molecular weight excluding hydrogens is 218 g/mol. The first kappa shape index (κ1) is 11.2. The fraction of sp³-hybridized carbons (Fsp3) is 0.167. The molecule has 1 aromatic carbocycles. The van der Waals surface area contributed by atoms with Crippen LogP contribution in [0.25, 0.3) is 10.8 Å². The summed E-state index contributed by atoms with van der Waals surface area (Å²) in [5, 5.41) is 5.15. The Morgan fingerprint density at radius 3 is 2.94 bits per heavy atom. The van der Waals surface area contributed by atoms with Crippen LogP contribution in [0.5, 0.6) is 5.75 Å². The van der Waals surface area contributed by atoms with E-state index in [-0.39, 0.29) is 5.56 Å². The summed E-state index contributed by atoms with van der Waals surface area (Å²) in [4.78, 5) is 12.1. The second-order valence-corrected chi connectivity index (χ2v) is 3.57. The van der Waals surface area contributed by atoms with Gasteiger partial charge in [0.1, 0.15) is 5.75 Å². The zero-order valence-electron chi connectivity index (χ0n) is 9.51. The van der Waals surface area contributed by atoms with E-state index in [0.29, 0.717) is 28.9 Å². The Balaban J connectivity index is 2.80. The van der Waals surface area contributed by atoms with E-state index in [2.05, 4.69) is 11.7 Å². The monoisotopic (exact) mass is 231 g/mol. The van der Waals surface area contributed by atoms with Crippen molar-refractivity contribution in [1.82, 2.24) is 9.78 Å². The van der Waals surface area contributed by atoms with Gasteiger partial charge >= 0.3 is 0 Å². The van der Waals surface area contributed by atoms with Crippen LogP contribution in [0.2, 0.25) is 0 Å². The maximum atomic E-state index is 12.1. The lowest BCUT2D eigenvalue weighted by Gasteiger charge is -2.07. The van der Waals surface area contributed by atoms with Crippen LogP contribution in [-0.2, 0) is 6.54 Å². The van der Waals surface area contributed by atoms with Gasteiger partial charge in [0.15, 0.2) is 5.82 Å². The van der Waals surface area contributed by atoms with E-state index in [9.17, 15) is 4.79 Å². The maximum absolute atomic E-state index is 12.1. The molecule has 0 amide bonds. The molecule has 0 aliphatic heterocycles. The van der Waals surface area contributed by atoms with Gasteiger partial charge in [-0.25, -0.2) is 4.68 Å². The average Bonchev–Trinajstić information content (AvgIpc) is 2.35. The second kappa shape index (κ2) is 4.29. The topological polar surface area (TPSA) is 70.1 Å². The van der Waals surface area contributed by atoms with Crippen molar-refractivity contribution in [3.63, 3.8) is 0 Å². The number of rotatable bonds is 3. The number of nitrogens with zero attached hydrogens (tertiary/aromatic N) is 2. The van der Waals surface area contributed by atoms with Crippen molar-refractivity contribution < 1.29 is 4.74 Å². The Morgan fingerprint density at radius 1 is 1.53 bits per heavy atom. The number of fused-ring (bicyclic) bond motifs is 1. The summed E-state index contributed by atoms with van der Waals surface area (Å²) in [6.07, 6.45) is 1.60. The molecule has 0 saturated heterocycles. The van der Waals surface area contributed by atoms with E-state index in [4.69, 9.17) is 10.5 Å². The lowest BCUT2D eigenvalue weighted by atomic mass is 10.2. The molecule has 0 aliphatic rings.